The van der Waals surface area contributed by atoms with Crippen molar-refractivity contribution in [1.82, 2.24) is 4.90 Å². The lowest BCUT2D eigenvalue weighted by Gasteiger charge is -2.23. The molecule has 0 radical (unpaired) electrons. The first-order valence-electron chi connectivity index (χ1n) is 6.77. The molecular formula is C17H13F2NO2. The molecule has 3 rings (SSSR count). The molecule has 0 aromatic heterocycles. The van der Waals surface area contributed by atoms with E-state index in [0.717, 1.165) is 17.2 Å². The van der Waals surface area contributed by atoms with E-state index in [1.165, 1.54) is 17.0 Å². The second-order valence-corrected chi connectivity index (χ2v) is 4.91. The molecule has 1 amide bonds. The molecule has 0 aliphatic carbocycles. The first-order chi connectivity index (χ1) is 10.6. The summed E-state index contributed by atoms with van der Waals surface area (Å²) in [5, 5.41) is 0. The second kappa shape index (κ2) is 5.97. The molecule has 3 nitrogen and oxygen atoms in total. The summed E-state index contributed by atoms with van der Waals surface area (Å²) in [6.45, 7) is 0.0750. The van der Waals surface area contributed by atoms with E-state index < -0.39 is 17.7 Å². The highest BCUT2D eigenvalue weighted by molar-refractivity contribution is 5.72. The third-order valence-electron chi connectivity index (χ3n) is 3.45. The average Bonchev–Trinajstić information content (AvgIpc) is 2.55. The van der Waals surface area contributed by atoms with Crippen molar-refractivity contribution in [2.75, 3.05) is 0 Å². The average molecular weight is 301 g/mol. The van der Waals surface area contributed by atoms with Crippen LogP contribution in [0, 0.1) is 11.6 Å². The van der Waals surface area contributed by atoms with Gasteiger partial charge in [0.2, 0.25) is 0 Å². The van der Waals surface area contributed by atoms with Crippen LogP contribution in [0.25, 0.3) is 6.08 Å². The van der Waals surface area contributed by atoms with Gasteiger partial charge in [-0.1, -0.05) is 36.4 Å². The molecule has 0 saturated carbocycles. The molecule has 0 atom stereocenters. The number of halogens is 2. The normalized spacial score (nSPS) is 12.9. The summed E-state index contributed by atoms with van der Waals surface area (Å²) in [5.74, 6) is -1.95. The van der Waals surface area contributed by atoms with Crippen LogP contribution in [0.1, 0.15) is 16.7 Å². The van der Waals surface area contributed by atoms with E-state index >= 15 is 0 Å². The number of carbonyl (C=O) groups excluding carboxylic acids is 1. The quantitative estimate of drug-likeness (QED) is 0.836. The number of hydrogen-bond donors (Lipinski definition) is 0. The van der Waals surface area contributed by atoms with E-state index in [1.807, 2.05) is 30.3 Å². The van der Waals surface area contributed by atoms with Crippen LogP contribution in [0.4, 0.5) is 13.6 Å². The molecule has 2 aromatic rings. The lowest BCUT2D eigenvalue weighted by Crippen LogP contribution is -2.28. The number of nitrogens with zero attached hydrogens (tertiary/aromatic N) is 1. The predicted octanol–water partition coefficient (Wildman–Crippen LogP) is 4.09. The van der Waals surface area contributed by atoms with Crippen LogP contribution in [0.15, 0.2) is 48.7 Å². The van der Waals surface area contributed by atoms with Crippen LogP contribution in [-0.4, -0.2) is 11.0 Å². The maximum absolute atomic E-state index is 13.5. The van der Waals surface area contributed by atoms with Gasteiger partial charge < -0.3 is 4.74 Å². The molecule has 0 fully saturated rings. The number of rotatable bonds is 2. The maximum atomic E-state index is 13.5. The number of hydrogen-bond acceptors (Lipinski definition) is 2. The van der Waals surface area contributed by atoms with Gasteiger partial charge in [-0.05, 0) is 23.3 Å². The van der Waals surface area contributed by atoms with Crippen molar-refractivity contribution in [1.29, 1.82) is 0 Å². The van der Waals surface area contributed by atoms with Gasteiger partial charge in [0.15, 0.2) is 11.6 Å². The van der Waals surface area contributed by atoms with E-state index in [4.69, 9.17) is 4.74 Å². The molecule has 22 heavy (non-hydrogen) atoms. The lowest BCUT2D eigenvalue weighted by molar-refractivity contribution is 0.107. The Bertz CT molecular complexity index is 743. The fourth-order valence-electron chi connectivity index (χ4n) is 2.26. The van der Waals surface area contributed by atoms with Crippen LogP contribution >= 0.6 is 0 Å². The summed E-state index contributed by atoms with van der Waals surface area (Å²) in [4.78, 5) is 13.4. The first kappa shape index (κ1) is 14.3. The van der Waals surface area contributed by atoms with Crippen LogP contribution < -0.4 is 0 Å². The van der Waals surface area contributed by atoms with Gasteiger partial charge in [-0.15, -0.1) is 0 Å². The van der Waals surface area contributed by atoms with Gasteiger partial charge in [0, 0.05) is 11.8 Å². The molecule has 1 heterocycles. The molecule has 1 aliphatic rings. The fourth-order valence-corrected chi connectivity index (χ4v) is 2.26. The molecule has 1 aliphatic heterocycles. The van der Waals surface area contributed by atoms with Gasteiger partial charge in [0.05, 0.1) is 6.54 Å². The molecule has 0 N–H and O–H groups in total. The third kappa shape index (κ3) is 2.83. The standard InChI is InChI=1S/C17H13F2NO2/c18-15-7-3-6-14(16(15)19)11-22-17(21)20-9-8-12-4-1-2-5-13(12)10-20/h1-9H,10-11H2. The van der Waals surface area contributed by atoms with Crippen LogP contribution in [-0.2, 0) is 17.9 Å². The molecule has 0 spiro atoms. The zero-order valence-electron chi connectivity index (χ0n) is 11.6. The Morgan fingerprint density at radius 2 is 1.95 bits per heavy atom. The number of ether oxygens (including phenoxy) is 1. The molecule has 0 unspecified atom stereocenters. The Hall–Kier alpha value is -2.69. The Kier molecular flexibility index (Phi) is 3.87. The topological polar surface area (TPSA) is 29.5 Å². The molecular weight excluding hydrogens is 288 g/mol. The van der Waals surface area contributed by atoms with E-state index in [1.54, 1.807) is 6.20 Å². The lowest BCUT2D eigenvalue weighted by atomic mass is 10.1. The third-order valence-corrected chi connectivity index (χ3v) is 3.45. The van der Waals surface area contributed by atoms with Crippen molar-refractivity contribution < 1.29 is 18.3 Å². The molecule has 2 aromatic carbocycles. The minimum absolute atomic E-state index is 0.00902. The fraction of sp³-hybridized carbons (Fsp3) is 0.118. The van der Waals surface area contributed by atoms with Gasteiger partial charge in [-0.3, -0.25) is 4.90 Å². The summed E-state index contributed by atoms with van der Waals surface area (Å²) in [5.41, 5.74) is 2.05. The van der Waals surface area contributed by atoms with Crippen LogP contribution in [0.5, 0.6) is 0 Å². The van der Waals surface area contributed by atoms with Crippen molar-refractivity contribution in [3.8, 4) is 0 Å². The number of fused-ring (bicyclic) bond motifs is 1. The minimum atomic E-state index is -0.991. The molecule has 0 saturated heterocycles. The number of carbonyl (C=O) groups is 1. The van der Waals surface area contributed by atoms with Crippen molar-refractivity contribution >= 4 is 12.2 Å². The zero-order valence-corrected chi connectivity index (χ0v) is 11.6. The van der Waals surface area contributed by atoms with Crippen LogP contribution in [0.2, 0.25) is 0 Å². The summed E-state index contributed by atoms with van der Waals surface area (Å²) >= 11 is 0. The molecule has 112 valence electrons. The highest BCUT2D eigenvalue weighted by Crippen LogP contribution is 2.20. The van der Waals surface area contributed by atoms with Gasteiger partial charge in [-0.2, -0.15) is 0 Å². The van der Waals surface area contributed by atoms with Crippen molar-refractivity contribution in [2.24, 2.45) is 0 Å². The van der Waals surface area contributed by atoms with Crippen molar-refractivity contribution in [3.63, 3.8) is 0 Å². The Morgan fingerprint density at radius 1 is 1.14 bits per heavy atom. The summed E-state index contributed by atoms with van der Waals surface area (Å²) < 4.78 is 31.6. The predicted molar refractivity (Wildman–Crippen MR) is 77.6 cm³/mol. The van der Waals surface area contributed by atoms with Crippen LogP contribution in [0.3, 0.4) is 0 Å². The van der Waals surface area contributed by atoms with Gasteiger partial charge in [0.25, 0.3) is 0 Å². The summed E-state index contributed by atoms with van der Waals surface area (Å²) in [7, 11) is 0. The second-order valence-electron chi connectivity index (χ2n) is 4.91. The van der Waals surface area contributed by atoms with E-state index in [9.17, 15) is 13.6 Å². The van der Waals surface area contributed by atoms with E-state index in [2.05, 4.69) is 0 Å². The summed E-state index contributed by atoms with van der Waals surface area (Å²) in [6.07, 6.45) is 2.82. The Labute approximate surface area is 126 Å². The minimum Gasteiger partial charge on any atom is -0.444 e. The molecule has 5 heteroatoms. The summed E-state index contributed by atoms with van der Waals surface area (Å²) in [6, 6.07) is 11.5. The van der Waals surface area contributed by atoms with E-state index in [0.29, 0.717) is 6.54 Å². The zero-order chi connectivity index (χ0) is 15.5. The smallest absolute Gasteiger partial charge is 0.414 e. The molecule has 0 bridgehead atoms. The maximum Gasteiger partial charge on any atom is 0.414 e. The van der Waals surface area contributed by atoms with Gasteiger partial charge in [-0.25, -0.2) is 13.6 Å². The Balaban J connectivity index is 1.65. The van der Waals surface area contributed by atoms with E-state index in [-0.39, 0.29) is 12.2 Å². The Morgan fingerprint density at radius 3 is 2.82 bits per heavy atom. The highest BCUT2D eigenvalue weighted by Gasteiger charge is 2.18. The first-order valence-corrected chi connectivity index (χ1v) is 6.77. The highest BCUT2D eigenvalue weighted by atomic mass is 19.2. The largest absolute Gasteiger partial charge is 0.444 e. The van der Waals surface area contributed by atoms with Crippen molar-refractivity contribution in [3.05, 3.63) is 77.0 Å². The monoisotopic (exact) mass is 301 g/mol. The number of amides is 1. The van der Waals surface area contributed by atoms with Gasteiger partial charge >= 0.3 is 6.09 Å². The SMILES string of the molecule is O=C(OCc1cccc(F)c1F)N1C=Cc2ccccc2C1. The van der Waals surface area contributed by atoms with Gasteiger partial charge in [0.1, 0.15) is 6.61 Å². The van der Waals surface area contributed by atoms with Crippen molar-refractivity contribution in [2.45, 2.75) is 13.2 Å². The number of benzene rings is 2.